The van der Waals surface area contributed by atoms with Gasteiger partial charge in [-0.1, -0.05) is 18.7 Å². The highest BCUT2D eigenvalue weighted by molar-refractivity contribution is 5.99. The maximum Gasteiger partial charge on any atom is 0.418 e. The Labute approximate surface area is 198 Å². The lowest BCUT2D eigenvalue weighted by atomic mass is 9.87. The molecule has 1 saturated heterocycles. The number of piperidine rings is 1. The van der Waals surface area contributed by atoms with Crippen molar-refractivity contribution in [3.05, 3.63) is 71.6 Å². The normalized spacial score (nSPS) is 16.3. The number of likely N-dealkylation sites (tertiary alicyclic amines) is 1. The van der Waals surface area contributed by atoms with Gasteiger partial charge in [0.25, 0.3) is 5.91 Å². The molecule has 4 N–H and O–H groups in total. The summed E-state index contributed by atoms with van der Waals surface area (Å²) < 4.78 is 43.9. The van der Waals surface area contributed by atoms with Gasteiger partial charge in [0.05, 0.1) is 22.3 Å². The van der Waals surface area contributed by atoms with Gasteiger partial charge in [-0.25, -0.2) is 4.98 Å². The van der Waals surface area contributed by atoms with Gasteiger partial charge in [0, 0.05) is 24.6 Å². The Bertz CT molecular complexity index is 1360. The highest BCUT2D eigenvalue weighted by atomic mass is 19.4. The van der Waals surface area contributed by atoms with Gasteiger partial charge in [-0.2, -0.15) is 13.2 Å². The number of carbonyl (C=O) groups is 3. The van der Waals surface area contributed by atoms with Gasteiger partial charge in [-0.15, -0.1) is 0 Å². The summed E-state index contributed by atoms with van der Waals surface area (Å²) in [6.07, 6.45) is -2.50. The second kappa shape index (κ2) is 8.90. The number of aromatic nitrogens is 2. The predicted molar refractivity (Wildman–Crippen MR) is 122 cm³/mol. The average Bonchev–Trinajstić information content (AvgIpc) is 3.21. The van der Waals surface area contributed by atoms with Gasteiger partial charge in [0.15, 0.2) is 0 Å². The number of fused-ring (bicyclic) bond motifs is 1. The molecule has 1 aliphatic heterocycles. The molecule has 1 atom stereocenters. The summed E-state index contributed by atoms with van der Waals surface area (Å²) in [5, 5.41) is 0. The molecule has 0 aliphatic carbocycles. The zero-order valence-corrected chi connectivity index (χ0v) is 18.5. The summed E-state index contributed by atoms with van der Waals surface area (Å²) in [4.78, 5) is 41.8. The number of nitrogens with two attached hydrogens (primary N) is 2. The number of primary amides is 2. The lowest BCUT2D eigenvalue weighted by molar-refractivity contribution is -0.137. The molecule has 0 bridgehead atoms. The van der Waals surface area contributed by atoms with Crippen molar-refractivity contribution < 1.29 is 27.6 Å². The number of hydrogen-bond donors (Lipinski definition) is 2. The summed E-state index contributed by atoms with van der Waals surface area (Å²) in [7, 11) is 0. The van der Waals surface area contributed by atoms with Crippen LogP contribution in [0, 0.1) is 0 Å². The summed E-state index contributed by atoms with van der Waals surface area (Å²) in [6.45, 7) is 4.13. The smallest absolute Gasteiger partial charge is 0.366 e. The van der Waals surface area contributed by atoms with Crippen LogP contribution in [0.15, 0.2) is 49.1 Å². The molecule has 0 spiro atoms. The molecular weight excluding hydrogens is 463 g/mol. The van der Waals surface area contributed by atoms with Crippen molar-refractivity contribution >= 4 is 28.8 Å². The quantitative estimate of drug-likeness (QED) is 0.539. The van der Waals surface area contributed by atoms with Crippen LogP contribution in [0.4, 0.5) is 13.2 Å². The van der Waals surface area contributed by atoms with Gasteiger partial charge in [0.1, 0.15) is 0 Å². The van der Waals surface area contributed by atoms with Crippen LogP contribution in [0.1, 0.15) is 50.9 Å². The Morgan fingerprint density at radius 3 is 2.49 bits per heavy atom. The van der Waals surface area contributed by atoms with Crippen molar-refractivity contribution in [3.63, 3.8) is 0 Å². The maximum atomic E-state index is 14.3. The summed E-state index contributed by atoms with van der Waals surface area (Å²) >= 11 is 0. The molecule has 0 radical (unpaired) electrons. The minimum Gasteiger partial charge on any atom is -0.366 e. The van der Waals surface area contributed by atoms with E-state index in [4.69, 9.17) is 11.5 Å². The number of amides is 3. The van der Waals surface area contributed by atoms with Gasteiger partial charge in [-0.3, -0.25) is 19.0 Å². The van der Waals surface area contributed by atoms with Crippen molar-refractivity contribution in [2.24, 2.45) is 11.5 Å². The fourth-order valence-electron chi connectivity index (χ4n) is 4.55. The van der Waals surface area contributed by atoms with E-state index in [1.807, 2.05) is 0 Å². The van der Waals surface area contributed by atoms with E-state index in [1.165, 1.54) is 35.2 Å². The lowest BCUT2D eigenvalue weighted by Gasteiger charge is -2.34. The van der Waals surface area contributed by atoms with E-state index >= 15 is 0 Å². The van der Waals surface area contributed by atoms with E-state index in [2.05, 4.69) is 11.6 Å². The summed E-state index contributed by atoms with van der Waals surface area (Å²) in [5.41, 5.74) is 10.2. The molecule has 3 aromatic rings. The third-order valence-electron chi connectivity index (χ3n) is 6.10. The molecule has 35 heavy (non-hydrogen) atoms. The lowest BCUT2D eigenvalue weighted by Crippen LogP contribution is -2.38. The van der Waals surface area contributed by atoms with E-state index in [9.17, 15) is 27.6 Å². The first-order valence-electron chi connectivity index (χ1n) is 10.8. The molecule has 1 aliphatic rings. The third kappa shape index (κ3) is 4.36. The zero-order valence-electron chi connectivity index (χ0n) is 18.5. The van der Waals surface area contributed by atoms with Gasteiger partial charge < -0.3 is 16.4 Å². The Kier molecular flexibility index (Phi) is 6.10. The number of benzene rings is 2. The molecular formula is C24H22F3N5O3. The van der Waals surface area contributed by atoms with Crippen LogP contribution >= 0.6 is 0 Å². The molecule has 1 aromatic heterocycles. The van der Waals surface area contributed by atoms with Gasteiger partial charge >= 0.3 is 6.18 Å². The monoisotopic (exact) mass is 485 g/mol. The number of carbonyl (C=O) groups excluding carboxylic acids is 3. The second-order valence-electron chi connectivity index (χ2n) is 8.27. The van der Waals surface area contributed by atoms with Crippen LogP contribution < -0.4 is 11.5 Å². The molecule has 2 heterocycles. The van der Waals surface area contributed by atoms with Crippen molar-refractivity contribution in [1.82, 2.24) is 14.5 Å². The Morgan fingerprint density at radius 1 is 1.11 bits per heavy atom. The number of hydrogen-bond acceptors (Lipinski definition) is 4. The molecule has 3 amide bonds. The van der Waals surface area contributed by atoms with Crippen molar-refractivity contribution in [3.8, 4) is 5.69 Å². The van der Waals surface area contributed by atoms with E-state index in [0.29, 0.717) is 24.9 Å². The Hall–Kier alpha value is -4.15. The molecule has 11 heteroatoms. The average molecular weight is 485 g/mol. The number of alkyl halides is 3. The Balaban J connectivity index is 2.02. The molecule has 182 valence electrons. The first-order chi connectivity index (χ1) is 16.5. The van der Waals surface area contributed by atoms with Gasteiger partial charge in [-0.05, 0) is 48.7 Å². The van der Waals surface area contributed by atoms with Crippen LogP contribution in [0.25, 0.3) is 16.7 Å². The van der Waals surface area contributed by atoms with Crippen LogP contribution in [-0.4, -0.2) is 45.3 Å². The zero-order chi connectivity index (χ0) is 25.5. The fraction of sp³-hybridized carbons (Fsp3) is 0.250. The first kappa shape index (κ1) is 24.0. The minimum absolute atomic E-state index is 0.0772. The molecule has 8 nitrogen and oxygen atoms in total. The van der Waals surface area contributed by atoms with Crippen LogP contribution in [0.2, 0.25) is 0 Å². The van der Waals surface area contributed by atoms with Crippen LogP contribution in [-0.2, 0) is 11.0 Å². The fourth-order valence-corrected chi connectivity index (χ4v) is 4.55. The molecule has 2 aromatic carbocycles. The first-order valence-corrected chi connectivity index (χ1v) is 10.8. The second-order valence-corrected chi connectivity index (χ2v) is 8.27. The Morgan fingerprint density at radius 2 is 1.86 bits per heavy atom. The van der Waals surface area contributed by atoms with Crippen molar-refractivity contribution in [2.75, 3.05) is 13.1 Å². The van der Waals surface area contributed by atoms with E-state index < -0.39 is 35.3 Å². The van der Waals surface area contributed by atoms with Crippen molar-refractivity contribution in [2.45, 2.75) is 24.9 Å². The highest BCUT2D eigenvalue weighted by Gasteiger charge is 2.38. The SMILES string of the molecule is C=CC(=O)N1CCCC(c2cccc(C(F)(F)F)c2-n2c(C(N)=O)nc3cc(C(N)=O)ccc32)C1. The van der Waals surface area contributed by atoms with Gasteiger partial charge in [0.2, 0.25) is 17.6 Å². The highest BCUT2D eigenvalue weighted by Crippen LogP contribution is 2.41. The molecule has 1 unspecified atom stereocenters. The van der Waals surface area contributed by atoms with Crippen LogP contribution in [0.3, 0.4) is 0 Å². The van der Waals surface area contributed by atoms with E-state index in [0.717, 1.165) is 10.6 Å². The topological polar surface area (TPSA) is 124 Å². The molecule has 1 fully saturated rings. The predicted octanol–water partition coefficient (Wildman–Crippen LogP) is 3.13. The molecule has 0 saturated carbocycles. The standard InChI is InChI=1S/C24H22F3N5O3/c1-2-19(33)31-10-4-5-14(12-31)15-6-3-7-16(24(25,26)27)20(15)32-18-9-8-13(21(28)34)11-17(18)30-23(32)22(29)35/h2-3,6-9,11,14H,1,4-5,10,12H2,(H2,28,34)(H2,29,35). The van der Waals surface area contributed by atoms with E-state index in [-0.39, 0.29) is 34.7 Å². The van der Waals surface area contributed by atoms with Crippen LogP contribution in [0.5, 0.6) is 0 Å². The third-order valence-corrected chi connectivity index (χ3v) is 6.10. The summed E-state index contributed by atoms with van der Waals surface area (Å²) in [5.74, 6) is -2.99. The largest absolute Gasteiger partial charge is 0.418 e. The number of rotatable bonds is 5. The maximum absolute atomic E-state index is 14.3. The number of nitrogens with zero attached hydrogens (tertiary/aromatic N) is 3. The number of halogens is 3. The van der Waals surface area contributed by atoms with E-state index in [1.54, 1.807) is 6.07 Å². The number of imidazole rings is 1. The number of para-hydroxylation sites is 1. The van der Waals surface area contributed by atoms with Crippen molar-refractivity contribution in [1.29, 1.82) is 0 Å². The minimum atomic E-state index is -4.77. The summed E-state index contributed by atoms with van der Waals surface area (Å²) in [6, 6.07) is 7.77. The molecule has 4 rings (SSSR count).